The molecule has 1 unspecified atom stereocenters. The molecule has 1 saturated heterocycles. The van der Waals surface area contributed by atoms with E-state index in [4.69, 9.17) is 4.74 Å². The van der Waals surface area contributed by atoms with Crippen LogP contribution in [0.1, 0.15) is 28.8 Å². The SMILES string of the molecule is CNS(=O)(=O)c1cc(NC(=O)c2ccc(S(=O)(=O)NCC3CCCO3)cc2)ccc1C. The number of benzene rings is 2. The van der Waals surface area contributed by atoms with Gasteiger partial charge >= 0.3 is 0 Å². The van der Waals surface area contributed by atoms with Crippen molar-refractivity contribution in [1.29, 1.82) is 0 Å². The van der Waals surface area contributed by atoms with Gasteiger partial charge in [0.05, 0.1) is 15.9 Å². The monoisotopic (exact) mass is 467 g/mol. The molecule has 168 valence electrons. The summed E-state index contributed by atoms with van der Waals surface area (Å²) in [6, 6.07) is 10.0. The summed E-state index contributed by atoms with van der Waals surface area (Å²) >= 11 is 0. The molecule has 1 amide bonds. The minimum Gasteiger partial charge on any atom is -0.377 e. The molecule has 1 fully saturated rings. The van der Waals surface area contributed by atoms with Gasteiger partial charge in [0.2, 0.25) is 20.0 Å². The number of hydrogen-bond acceptors (Lipinski definition) is 6. The summed E-state index contributed by atoms with van der Waals surface area (Å²) < 4.78 is 59.2. The molecular weight excluding hydrogens is 442 g/mol. The first kappa shape index (κ1) is 23.4. The van der Waals surface area contributed by atoms with Crippen molar-refractivity contribution in [3.8, 4) is 0 Å². The number of carbonyl (C=O) groups excluding carboxylic acids is 1. The van der Waals surface area contributed by atoms with Gasteiger partial charge in [-0.1, -0.05) is 6.07 Å². The molecule has 3 rings (SSSR count). The van der Waals surface area contributed by atoms with E-state index in [1.54, 1.807) is 19.1 Å². The average Bonchev–Trinajstić information content (AvgIpc) is 3.27. The number of sulfonamides is 2. The molecule has 2 aromatic carbocycles. The topological polar surface area (TPSA) is 131 Å². The van der Waals surface area contributed by atoms with Gasteiger partial charge in [0.1, 0.15) is 0 Å². The van der Waals surface area contributed by atoms with Gasteiger partial charge < -0.3 is 10.1 Å². The molecule has 1 aliphatic heterocycles. The Hall–Kier alpha value is -2.31. The third-order valence-corrected chi connectivity index (χ3v) is 7.95. The number of ether oxygens (including phenoxy) is 1. The standard InChI is InChI=1S/C20H25N3O6S2/c1-14-5-8-16(12-19(14)31(27,28)21-2)23-20(24)15-6-9-18(10-7-15)30(25,26)22-13-17-4-3-11-29-17/h5-10,12,17,21-22H,3-4,11,13H2,1-2H3,(H,23,24). The molecule has 0 aromatic heterocycles. The maximum absolute atomic E-state index is 12.5. The van der Waals surface area contributed by atoms with Gasteiger partial charge in [-0.15, -0.1) is 0 Å². The van der Waals surface area contributed by atoms with Gasteiger partial charge in [0.15, 0.2) is 0 Å². The summed E-state index contributed by atoms with van der Waals surface area (Å²) in [5, 5.41) is 2.63. The molecule has 3 N–H and O–H groups in total. The zero-order chi connectivity index (χ0) is 22.6. The molecule has 1 aliphatic rings. The highest BCUT2D eigenvalue weighted by molar-refractivity contribution is 7.89. The van der Waals surface area contributed by atoms with Gasteiger partial charge in [-0.25, -0.2) is 26.3 Å². The zero-order valence-corrected chi connectivity index (χ0v) is 18.8. The Labute approximate surface area is 182 Å². The fourth-order valence-electron chi connectivity index (χ4n) is 3.16. The van der Waals surface area contributed by atoms with Crippen LogP contribution in [0.25, 0.3) is 0 Å². The Balaban J connectivity index is 1.70. The second-order valence-electron chi connectivity index (χ2n) is 7.15. The van der Waals surface area contributed by atoms with Crippen LogP contribution in [0.3, 0.4) is 0 Å². The Kier molecular flexibility index (Phi) is 7.12. The molecule has 2 aromatic rings. The summed E-state index contributed by atoms with van der Waals surface area (Å²) in [4.78, 5) is 12.6. The molecule has 0 bridgehead atoms. The fourth-order valence-corrected chi connectivity index (χ4v) is 5.22. The summed E-state index contributed by atoms with van der Waals surface area (Å²) in [5.74, 6) is -0.493. The lowest BCUT2D eigenvalue weighted by molar-refractivity contribution is 0.102. The lowest BCUT2D eigenvalue weighted by atomic mass is 10.2. The van der Waals surface area contributed by atoms with Crippen molar-refractivity contribution < 1.29 is 26.4 Å². The molecule has 11 heteroatoms. The highest BCUT2D eigenvalue weighted by atomic mass is 32.2. The van der Waals surface area contributed by atoms with Gasteiger partial charge in [0.25, 0.3) is 5.91 Å². The van der Waals surface area contributed by atoms with Gasteiger partial charge in [0, 0.05) is 24.4 Å². The van der Waals surface area contributed by atoms with E-state index >= 15 is 0 Å². The van der Waals surface area contributed by atoms with Crippen molar-refractivity contribution in [2.24, 2.45) is 0 Å². The van der Waals surface area contributed by atoms with Crippen molar-refractivity contribution in [1.82, 2.24) is 9.44 Å². The van der Waals surface area contributed by atoms with Crippen LogP contribution >= 0.6 is 0 Å². The molecule has 1 atom stereocenters. The first-order valence-electron chi connectivity index (χ1n) is 9.69. The van der Waals surface area contributed by atoms with Gasteiger partial charge in [-0.3, -0.25) is 4.79 Å². The van der Waals surface area contributed by atoms with Crippen molar-refractivity contribution in [3.63, 3.8) is 0 Å². The Bertz CT molecular complexity index is 1160. The predicted octanol–water partition coefficient (Wildman–Crippen LogP) is 1.61. The van der Waals surface area contributed by atoms with E-state index < -0.39 is 26.0 Å². The largest absolute Gasteiger partial charge is 0.377 e. The second kappa shape index (κ2) is 9.45. The number of nitrogens with one attached hydrogen (secondary N) is 3. The van der Waals surface area contributed by atoms with Crippen LogP contribution in [0.4, 0.5) is 5.69 Å². The van der Waals surface area contributed by atoms with Crippen LogP contribution in [0, 0.1) is 6.92 Å². The number of hydrogen-bond donors (Lipinski definition) is 3. The summed E-state index contributed by atoms with van der Waals surface area (Å²) in [5.41, 5.74) is 1.08. The van der Waals surface area contributed by atoms with E-state index in [1.165, 1.54) is 37.4 Å². The highest BCUT2D eigenvalue weighted by Crippen LogP contribution is 2.21. The van der Waals surface area contributed by atoms with Crippen molar-refractivity contribution in [2.45, 2.75) is 35.7 Å². The van der Waals surface area contributed by atoms with Crippen molar-refractivity contribution >= 4 is 31.6 Å². The first-order chi connectivity index (χ1) is 14.6. The summed E-state index contributed by atoms with van der Waals surface area (Å²) in [6.45, 7) is 2.50. The van der Waals surface area contributed by atoms with Crippen LogP contribution in [0.15, 0.2) is 52.3 Å². The Morgan fingerprint density at radius 1 is 1.06 bits per heavy atom. The summed E-state index contributed by atoms with van der Waals surface area (Å²) in [6.07, 6.45) is 1.61. The maximum Gasteiger partial charge on any atom is 0.255 e. The predicted molar refractivity (Wildman–Crippen MR) is 116 cm³/mol. The van der Waals surface area contributed by atoms with Crippen LogP contribution in [0.5, 0.6) is 0 Å². The van der Waals surface area contributed by atoms with Crippen molar-refractivity contribution in [3.05, 3.63) is 53.6 Å². The van der Waals surface area contributed by atoms with E-state index in [-0.39, 0.29) is 28.0 Å². The third kappa shape index (κ3) is 5.69. The lowest BCUT2D eigenvalue weighted by Gasteiger charge is -2.12. The second-order valence-corrected chi connectivity index (χ2v) is 10.8. The molecule has 1 heterocycles. The number of aryl methyl sites for hydroxylation is 1. The smallest absolute Gasteiger partial charge is 0.255 e. The van der Waals surface area contributed by atoms with E-state index in [0.29, 0.717) is 17.9 Å². The highest BCUT2D eigenvalue weighted by Gasteiger charge is 2.21. The zero-order valence-electron chi connectivity index (χ0n) is 17.2. The minimum absolute atomic E-state index is 0.0415. The number of amides is 1. The first-order valence-corrected chi connectivity index (χ1v) is 12.7. The van der Waals surface area contributed by atoms with Gasteiger partial charge in [-0.2, -0.15) is 0 Å². The molecule has 9 nitrogen and oxygen atoms in total. The Morgan fingerprint density at radius 3 is 2.39 bits per heavy atom. The van der Waals surface area contributed by atoms with E-state index in [0.717, 1.165) is 12.8 Å². The normalized spacial score (nSPS) is 16.9. The van der Waals surface area contributed by atoms with Crippen LogP contribution < -0.4 is 14.8 Å². The van der Waals surface area contributed by atoms with Crippen LogP contribution in [0.2, 0.25) is 0 Å². The Morgan fingerprint density at radius 2 is 1.77 bits per heavy atom. The van der Waals surface area contributed by atoms with Gasteiger partial charge in [-0.05, 0) is 68.8 Å². The van der Waals surface area contributed by atoms with Crippen LogP contribution in [-0.2, 0) is 24.8 Å². The molecule has 0 aliphatic carbocycles. The fraction of sp³-hybridized carbons (Fsp3) is 0.350. The average molecular weight is 468 g/mol. The summed E-state index contributed by atoms with van der Waals surface area (Å²) in [7, 11) is -6.07. The maximum atomic E-state index is 12.5. The van der Waals surface area contributed by atoms with Crippen molar-refractivity contribution in [2.75, 3.05) is 25.5 Å². The molecular formula is C20H25N3O6S2. The molecule has 0 radical (unpaired) electrons. The van der Waals surface area contributed by atoms with E-state index in [9.17, 15) is 21.6 Å². The number of rotatable bonds is 8. The quantitative estimate of drug-likeness (QED) is 0.541. The number of carbonyl (C=O) groups is 1. The van der Waals surface area contributed by atoms with E-state index in [2.05, 4.69) is 14.8 Å². The van der Waals surface area contributed by atoms with Crippen LogP contribution in [-0.4, -0.2) is 49.0 Å². The van der Waals surface area contributed by atoms with E-state index in [1.807, 2.05) is 0 Å². The third-order valence-electron chi connectivity index (χ3n) is 4.96. The molecule has 0 spiro atoms. The minimum atomic E-state index is -3.71. The molecule has 0 saturated carbocycles. The number of anilines is 1. The lowest BCUT2D eigenvalue weighted by Crippen LogP contribution is -2.31. The molecule has 31 heavy (non-hydrogen) atoms.